The highest BCUT2D eigenvalue weighted by atomic mass is 16.1. The van der Waals surface area contributed by atoms with Crippen molar-refractivity contribution >= 4 is 5.91 Å². The van der Waals surface area contributed by atoms with E-state index in [4.69, 9.17) is 0 Å². The van der Waals surface area contributed by atoms with Crippen molar-refractivity contribution in [1.82, 2.24) is 14.9 Å². The second kappa shape index (κ2) is 5.30. The fourth-order valence-electron chi connectivity index (χ4n) is 1.61. The van der Waals surface area contributed by atoms with Crippen molar-refractivity contribution in [3.05, 3.63) is 54.1 Å². The number of aryl methyl sites for hydroxylation is 1. The lowest BCUT2D eigenvalue weighted by atomic mass is 10.2. The van der Waals surface area contributed by atoms with Crippen LogP contribution >= 0.6 is 0 Å². The lowest BCUT2D eigenvalue weighted by Gasteiger charge is -2.03. The predicted octanol–water partition coefficient (Wildman–Crippen LogP) is 1.28. The molecule has 17 heavy (non-hydrogen) atoms. The van der Waals surface area contributed by atoms with Gasteiger partial charge in [-0.1, -0.05) is 6.07 Å². The Labute approximate surface area is 100 Å². The molecule has 0 aliphatic carbocycles. The smallest absolute Gasteiger partial charge is 0.224 e. The number of carbonyl (C=O) groups excluding carboxylic acids is 1. The molecule has 2 aromatic heterocycles. The summed E-state index contributed by atoms with van der Waals surface area (Å²) in [5, 5.41) is 2.85. The molecule has 0 aromatic carbocycles. The first-order valence-electron chi connectivity index (χ1n) is 5.51. The Morgan fingerprint density at radius 2 is 2.29 bits per heavy atom. The standard InChI is InChI=1S/C13H15N3O/c1-16-7-5-11(10-16)8-13(17)15-9-12-4-2-3-6-14-12/h2-7,10H,8-9H2,1H3,(H,15,17). The van der Waals surface area contributed by atoms with Crippen LogP contribution in [0, 0.1) is 0 Å². The highest BCUT2D eigenvalue weighted by molar-refractivity contribution is 5.78. The number of carbonyl (C=O) groups is 1. The van der Waals surface area contributed by atoms with E-state index in [1.165, 1.54) is 0 Å². The van der Waals surface area contributed by atoms with Crippen LogP contribution in [0.1, 0.15) is 11.3 Å². The third-order valence-corrected chi connectivity index (χ3v) is 2.45. The summed E-state index contributed by atoms with van der Waals surface area (Å²) in [5.41, 5.74) is 1.89. The quantitative estimate of drug-likeness (QED) is 0.858. The van der Waals surface area contributed by atoms with Crippen molar-refractivity contribution in [2.75, 3.05) is 0 Å². The summed E-state index contributed by atoms with van der Waals surface area (Å²) in [6.45, 7) is 0.479. The van der Waals surface area contributed by atoms with E-state index in [2.05, 4.69) is 10.3 Å². The number of hydrogen-bond donors (Lipinski definition) is 1. The Morgan fingerprint density at radius 3 is 2.94 bits per heavy atom. The summed E-state index contributed by atoms with van der Waals surface area (Å²) in [4.78, 5) is 15.8. The fraction of sp³-hybridized carbons (Fsp3) is 0.231. The lowest BCUT2D eigenvalue weighted by Crippen LogP contribution is -2.24. The highest BCUT2D eigenvalue weighted by Crippen LogP contribution is 2.00. The maximum atomic E-state index is 11.6. The summed E-state index contributed by atoms with van der Waals surface area (Å²) >= 11 is 0. The number of amides is 1. The molecule has 0 aliphatic rings. The van der Waals surface area contributed by atoms with Crippen molar-refractivity contribution in [3.8, 4) is 0 Å². The first-order chi connectivity index (χ1) is 8.24. The third-order valence-electron chi connectivity index (χ3n) is 2.45. The molecule has 0 atom stereocenters. The van der Waals surface area contributed by atoms with Crippen LogP contribution in [0.4, 0.5) is 0 Å². The summed E-state index contributed by atoms with van der Waals surface area (Å²) in [6.07, 6.45) is 6.01. The third kappa shape index (κ3) is 3.45. The molecular weight excluding hydrogens is 214 g/mol. The van der Waals surface area contributed by atoms with Crippen LogP contribution in [0.3, 0.4) is 0 Å². The van der Waals surface area contributed by atoms with Gasteiger partial charge in [0.05, 0.1) is 18.7 Å². The van der Waals surface area contributed by atoms with E-state index < -0.39 is 0 Å². The van der Waals surface area contributed by atoms with Crippen LogP contribution in [0.15, 0.2) is 42.9 Å². The van der Waals surface area contributed by atoms with Crippen LogP contribution in [-0.4, -0.2) is 15.5 Å². The van der Waals surface area contributed by atoms with E-state index in [1.54, 1.807) is 6.20 Å². The average molecular weight is 229 g/mol. The molecule has 2 heterocycles. The van der Waals surface area contributed by atoms with Gasteiger partial charge in [-0.25, -0.2) is 0 Å². The minimum Gasteiger partial charge on any atom is -0.357 e. The Hall–Kier alpha value is -2.10. The summed E-state index contributed by atoms with van der Waals surface area (Å²) in [6, 6.07) is 7.60. The Kier molecular flexibility index (Phi) is 3.55. The van der Waals surface area contributed by atoms with Gasteiger partial charge in [0.15, 0.2) is 0 Å². The highest BCUT2D eigenvalue weighted by Gasteiger charge is 2.04. The molecular formula is C13H15N3O. The minimum absolute atomic E-state index is 0.0156. The van der Waals surface area contributed by atoms with Crippen molar-refractivity contribution < 1.29 is 4.79 Å². The van der Waals surface area contributed by atoms with Gasteiger partial charge in [-0.3, -0.25) is 9.78 Å². The zero-order valence-corrected chi connectivity index (χ0v) is 9.76. The van der Waals surface area contributed by atoms with Crippen molar-refractivity contribution in [3.63, 3.8) is 0 Å². The number of nitrogens with one attached hydrogen (secondary N) is 1. The molecule has 88 valence electrons. The van der Waals surface area contributed by atoms with Crippen LogP contribution in [-0.2, 0) is 24.8 Å². The SMILES string of the molecule is Cn1ccc(CC(=O)NCc2ccccn2)c1. The Morgan fingerprint density at radius 1 is 1.41 bits per heavy atom. The molecule has 2 aromatic rings. The van der Waals surface area contributed by atoms with Gasteiger partial charge in [0, 0.05) is 25.6 Å². The maximum absolute atomic E-state index is 11.6. The van der Waals surface area contributed by atoms with Gasteiger partial charge >= 0.3 is 0 Å². The maximum Gasteiger partial charge on any atom is 0.224 e. The monoisotopic (exact) mass is 229 g/mol. The molecule has 4 nitrogen and oxygen atoms in total. The molecule has 0 spiro atoms. The zero-order valence-electron chi connectivity index (χ0n) is 9.76. The van der Waals surface area contributed by atoms with E-state index in [0.29, 0.717) is 13.0 Å². The summed E-state index contributed by atoms with van der Waals surface area (Å²) in [5.74, 6) is 0.0156. The van der Waals surface area contributed by atoms with Crippen molar-refractivity contribution in [2.24, 2.45) is 7.05 Å². The largest absolute Gasteiger partial charge is 0.357 e. The number of nitrogens with zero attached hydrogens (tertiary/aromatic N) is 2. The molecule has 0 fully saturated rings. The minimum atomic E-state index is 0.0156. The lowest BCUT2D eigenvalue weighted by molar-refractivity contribution is -0.120. The second-order valence-corrected chi connectivity index (χ2v) is 3.96. The second-order valence-electron chi connectivity index (χ2n) is 3.96. The molecule has 0 unspecified atom stereocenters. The Bertz CT molecular complexity index is 490. The van der Waals surface area contributed by atoms with Gasteiger partial charge in [0.25, 0.3) is 0 Å². The molecule has 0 saturated carbocycles. The molecule has 0 bridgehead atoms. The molecule has 0 aliphatic heterocycles. The van der Waals surface area contributed by atoms with Gasteiger partial charge < -0.3 is 9.88 Å². The molecule has 1 amide bonds. The van der Waals surface area contributed by atoms with E-state index in [0.717, 1.165) is 11.3 Å². The molecule has 0 saturated heterocycles. The van der Waals surface area contributed by atoms with Gasteiger partial charge in [-0.05, 0) is 23.8 Å². The van der Waals surface area contributed by atoms with E-state index in [-0.39, 0.29) is 5.91 Å². The van der Waals surface area contributed by atoms with Gasteiger partial charge in [-0.15, -0.1) is 0 Å². The van der Waals surface area contributed by atoms with E-state index in [9.17, 15) is 4.79 Å². The predicted molar refractivity (Wildman–Crippen MR) is 65.2 cm³/mol. The number of rotatable bonds is 4. The molecule has 2 rings (SSSR count). The van der Waals surface area contributed by atoms with Crippen molar-refractivity contribution in [1.29, 1.82) is 0 Å². The van der Waals surface area contributed by atoms with Crippen LogP contribution in [0.25, 0.3) is 0 Å². The first-order valence-corrected chi connectivity index (χ1v) is 5.51. The van der Waals surface area contributed by atoms with Crippen LogP contribution in [0.5, 0.6) is 0 Å². The molecule has 1 N–H and O–H groups in total. The number of hydrogen-bond acceptors (Lipinski definition) is 2. The number of aromatic nitrogens is 2. The first kappa shape index (κ1) is 11.4. The molecule has 4 heteroatoms. The fourth-order valence-corrected chi connectivity index (χ4v) is 1.61. The average Bonchev–Trinajstić information content (AvgIpc) is 2.73. The van der Waals surface area contributed by atoms with Gasteiger partial charge in [-0.2, -0.15) is 0 Å². The van der Waals surface area contributed by atoms with Gasteiger partial charge in [0.1, 0.15) is 0 Å². The summed E-state index contributed by atoms with van der Waals surface area (Å²) in [7, 11) is 1.94. The number of pyridine rings is 1. The van der Waals surface area contributed by atoms with Gasteiger partial charge in [0.2, 0.25) is 5.91 Å². The normalized spacial score (nSPS) is 10.2. The van der Waals surface area contributed by atoms with Crippen molar-refractivity contribution in [2.45, 2.75) is 13.0 Å². The van der Waals surface area contributed by atoms with Crippen LogP contribution in [0.2, 0.25) is 0 Å². The Balaban J connectivity index is 1.82. The van der Waals surface area contributed by atoms with E-state index in [1.807, 2.05) is 48.3 Å². The van der Waals surface area contributed by atoms with Crippen LogP contribution < -0.4 is 5.32 Å². The molecule has 0 radical (unpaired) electrons. The zero-order chi connectivity index (χ0) is 12.1. The summed E-state index contributed by atoms with van der Waals surface area (Å²) < 4.78 is 1.93. The topological polar surface area (TPSA) is 46.9 Å². The van der Waals surface area contributed by atoms with E-state index >= 15 is 0 Å².